The fourth-order valence-electron chi connectivity index (χ4n) is 2.67. The summed E-state index contributed by atoms with van der Waals surface area (Å²) in [6.07, 6.45) is 5.49. The van der Waals surface area contributed by atoms with Gasteiger partial charge >= 0.3 is 0 Å². The molecule has 0 unspecified atom stereocenters. The lowest BCUT2D eigenvalue weighted by molar-refractivity contribution is 0.415. The lowest BCUT2D eigenvalue weighted by Gasteiger charge is -2.29. The third kappa shape index (κ3) is 3.10. The number of methoxy groups -OCH3 is 1. The van der Waals surface area contributed by atoms with Crippen LogP contribution in [0.1, 0.15) is 19.3 Å². The molecule has 0 radical (unpaired) electrons. The summed E-state index contributed by atoms with van der Waals surface area (Å²) in [6, 6.07) is 7.95. The number of ether oxygens (including phenoxy) is 1. The van der Waals surface area contributed by atoms with Crippen LogP contribution in [0.15, 0.2) is 30.5 Å². The van der Waals surface area contributed by atoms with E-state index in [-0.39, 0.29) is 0 Å². The Morgan fingerprint density at radius 1 is 1.10 bits per heavy atom. The molecule has 0 atom stereocenters. The van der Waals surface area contributed by atoms with Gasteiger partial charge in [-0.05, 0) is 48.6 Å². The van der Waals surface area contributed by atoms with Gasteiger partial charge in [-0.25, -0.2) is 4.98 Å². The molecule has 110 valence electrons. The van der Waals surface area contributed by atoms with E-state index in [1.165, 1.54) is 19.3 Å². The van der Waals surface area contributed by atoms with E-state index in [4.69, 9.17) is 16.3 Å². The van der Waals surface area contributed by atoms with Crippen molar-refractivity contribution in [2.24, 2.45) is 0 Å². The van der Waals surface area contributed by atoms with Crippen LogP contribution in [-0.2, 0) is 0 Å². The second-order valence-electron chi connectivity index (χ2n) is 5.15. The van der Waals surface area contributed by atoms with Crippen molar-refractivity contribution in [2.45, 2.75) is 19.3 Å². The van der Waals surface area contributed by atoms with Crippen LogP contribution >= 0.6 is 11.6 Å². The van der Waals surface area contributed by atoms with Crippen molar-refractivity contribution in [3.05, 3.63) is 35.7 Å². The third-order valence-electron chi connectivity index (χ3n) is 3.80. The zero-order chi connectivity index (χ0) is 14.7. The maximum Gasteiger partial charge on any atom is 0.224 e. The molecular formula is C16H18ClN3O. The standard InChI is InChI=1S/C16H18ClN3O/c1-21-13-7-5-12(6-8-13)14-11-18-16(17)19-15(14)20-9-3-2-4-10-20/h5-8,11H,2-4,9-10H2,1H3. The van der Waals surface area contributed by atoms with Gasteiger partial charge in [-0.1, -0.05) is 12.1 Å². The van der Waals surface area contributed by atoms with E-state index in [1.807, 2.05) is 24.3 Å². The van der Waals surface area contributed by atoms with Gasteiger partial charge in [-0.3, -0.25) is 0 Å². The molecule has 0 bridgehead atoms. The van der Waals surface area contributed by atoms with Gasteiger partial charge in [0.2, 0.25) is 5.28 Å². The van der Waals surface area contributed by atoms with E-state index in [1.54, 1.807) is 13.3 Å². The van der Waals surface area contributed by atoms with Crippen LogP contribution in [0.2, 0.25) is 5.28 Å². The Bertz CT molecular complexity index is 609. The highest BCUT2D eigenvalue weighted by Gasteiger charge is 2.18. The molecule has 1 aromatic heterocycles. The maximum atomic E-state index is 6.00. The molecule has 1 aromatic carbocycles. The summed E-state index contributed by atoms with van der Waals surface area (Å²) in [6.45, 7) is 2.05. The zero-order valence-electron chi connectivity index (χ0n) is 12.1. The second kappa shape index (κ2) is 6.31. The Hall–Kier alpha value is -1.81. The number of halogens is 1. The molecule has 1 aliphatic rings. The molecule has 5 heteroatoms. The molecule has 2 aromatic rings. The summed E-state index contributed by atoms with van der Waals surface area (Å²) in [7, 11) is 1.67. The van der Waals surface area contributed by atoms with Crippen molar-refractivity contribution < 1.29 is 4.74 Å². The first-order chi connectivity index (χ1) is 10.3. The highest BCUT2D eigenvalue weighted by atomic mass is 35.5. The smallest absolute Gasteiger partial charge is 0.224 e. The van der Waals surface area contributed by atoms with E-state index >= 15 is 0 Å². The van der Waals surface area contributed by atoms with Gasteiger partial charge in [0.05, 0.1) is 7.11 Å². The summed E-state index contributed by atoms with van der Waals surface area (Å²) < 4.78 is 5.21. The average Bonchev–Trinajstić information content (AvgIpc) is 2.56. The number of hydrogen-bond donors (Lipinski definition) is 0. The molecule has 1 saturated heterocycles. The minimum absolute atomic E-state index is 0.299. The maximum absolute atomic E-state index is 6.00. The predicted octanol–water partition coefficient (Wildman–Crippen LogP) is 3.80. The minimum atomic E-state index is 0.299. The Morgan fingerprint density at radius 2 is 1.81 bits per heavy atom. The average molecular weight is 304 g/mol. The first-order valence-electron chi connectivity index (χ1n) is 7.20. The largest absolute Gasteiger partial charge is 0.497 e. The van der Waals surface area contributed by atoms with E-state index < -0.39 is 0 Å². The van der Waals surface area contributed by atoms with Gasteiger partial charge < -0.3 is 9.64 Å². The Kier molecular flexibility index (Phi) is 4.25. The summed E-state index contributed by atoms with van der Waals surface area (Å²) >= 11 is 6.00. The molecule has 4 nitrogen and oxygen atoms in total. The van der Waals surface area contributed by atoms with Crippen molar-refractivity contribution in [1.82, 2.24) is 9.97 Å². The molecule has 1 aliphatic heterocycles. The van der Waals surface area contributed by atoms with Gasteiger partial charge in [0, 0.05) is 24.8 Å². The summed E-state index contributed by atoms with van der Waals surface area (Å²) in [5.41, 5.74) is 2.09. The lowest BCUT2D eigenvalue weighted by Crippen LogP contribution is -2.30. The molecule has 0 N–H and O–H groups in total. The van der Waals surface area contributed by atoms with Gasteiger partial charge in [0.25, 0.3) is 0 Å². The number of hydrogen-bond acceptors (Lipinski definition) is 4. The number of nitrogens with zero attached hydrogens (tertiary/aromatic N) is 3. The predicted molar refractivity (Wildman–Crippen MR) is 85.1 cm³/mol. The first-order valence-corrected chi connectivity index (χ1v) is 7.57. The van der Waals surface area contributed by atoms with Gasteiger partial charge in [0.1, 0.15) is 11.6 Å². The number of anilines is 1. The van der Waals surface area contributed by atoms with E-state index in [2.05, 4.69) is 14.9 Å². The van der Waals surface area contributed by atoms with Crippen LogP contribution in [0, 0.1) is 0 Å². The summed E-state index contributed by atoms with van der Waals surface area (Å²) in [4.78, 5) is 10.9. The lowest BCUT2D eigenvalue weighted by atomic mass is 10.1. The highest BCUT2D eigenvalue weighted by molar-refractivity contribution is 6.28. The van der Waals surface area contributed by atoms with Crippen LogP contribution in [-0.4, -0.2) is 30.2 Å². The Balaban J connectivity index is 1.99. The molecule has 3 rings (SSSR count). The monoisotopic (exact) mass is 303 g/mol. The number of aromatic nitrogens is 2. The fraction of sp³-hybridized carbons (Fsp3) is 0.375. The van der Waals surface area contributed by atoms with Crippen molar-refractivity contribution >= 4 is 17.4 Å². The van der Waals surface area contributed by atoms with Crippen molar-refractivity contribution in [2.75, 3.05) is 25.1 Å². The van der Waals surface area contributed by atoms with Gasteiger partial charge in [-0.15, -0.1) is 0 Å². The highest BCUT2D eigenvalue weighted by Crippen LogP contribution is 2.32. The number of piperidine rings is 1. The molecule has 21 heavy (non-hydrogen) atoms. The number of rotatable bonds is 3. The third-order valence-corrected chi connectivity index (χ3v) is 3.98. The first kappa shape index (κ1) is 14.1. The molecule has 0 spiro atoms. The summed E-state index contributed by atoms with van der Waals surface area (Å²) in [5, 5.41) is 0.299. The quantitative estimate of drug-likeness (QED) is 0.809. The SMILES string of the molecule is COc1ccc(-c2cnc(Cl)nc2N2CCCCC2)cc1. The van der Waals surface area contributed by atoms with Crippen LogP contribution < -0.4 is 9.64 Å². The molecule has 1 fully saturated rings. The minimum Gasteiger partial charge on any atom is -0.497 e. The normalized spacial score (nSPS) is 15.0. The van der Waals surface area contributed by atoms with E-state index in [0.717, 1.165) is 35.8 Å². The fourth-order valence-corrected chi connectivity index (χ4v) is 2.80. The van der Waals surface area contributed by atoms with E-state index in [9.17, 15) is 0 Å². The Labute approximate surface area is 129 Å². The molecule has 2 heterocycles. The number of benzene rings is 1. The van der Waals surface area contributed by atoms with Crippen molar-refractivity contribution in [1.29, 1.82) is 0 Å². The summed E-state index contributed by atoms with van der Waals surface area (Å²) in [5.74, 6) is 1.77. The van der Waals surface area contributed by atoms with Crippen LogP contribution in [0.25, 0.3) is 11.1 Å². The molecule has 0 amide bonds. The Morgan fingerprint density at radius 3 is 2.48 bits per heavy atom. The zero-order valence-corrected chi connectivity index (χ0v) is 12.8. The van der Waals surface area contributed by atoms with Crippen LogP contribution in [0.5, 0.6) is 5.75 Å². The topological polar surface area (TPSA) is 38.3 Å². The van der Waals surface area contributed by atoms with Gasteiger partial charge in [-0.2, -0.15) is 4.98 Å². The van der Waals surface area contributed by atoms with Crippen LogP contribution in [0.3, 0.4) is 0 Å². The van der Waals surface area contributed by atoms with Crippen molar-refractivity contribution in [3.63, 3.8) is 0 Å². The molecule has 0 saturated carbocycles. The van der Waals surface area contributed by atoms with Crippen LogP contribution in [0.4, 0.5) is 5.82 Å². The van der Waals surface area contributed by atoms with E-state index in [0.29, 0.717) is 5.28 Å². The second-order valence-corrected chi connectivity index (χ2v) is 5.49. The molecular weight excluding hydrogens is 286 g/mol. The molecule has 0 aliphatic carbocycles. The van der Waals surface area contributed by atoms with Crippen molar-refractivity contribution in [3.8, 4) is 16.9 Å². The van der Waals surface area contributed by atoms with Gasteiger partial charge in [0.15, 0.2) is 0 Å².